The van der Waals surface area contributed by atoms with Gasteiger partial charge in [-0.25, -0.2) is 9.97 Å². The third-order valence-corrected chi connectivity index (χ3v) is 4.98. The summed E-state index contributed by atoms with van der Waals surface area (Å²) in [6, 6.07) is 6.03. The van der Waals surface area contributed by atoms with Gasteiger partial charge in [-0.2, -0.15) is 0 Å². The molecule has 0 N–H and O–H groups in total. The van der Waals surface area contributed by atoms with Crippen molar-refractivity contribution in [2.45, 2.75) is 32.3 Å². The molecule has 122 valence electrons. The van der Waals surface area contributed by atoms with E-state index in [0.717, 1.165) is 23.4 Å². The molecule has 0 bridgehead atoms. The van der Waals surface area contributed by atoms with Crippen LogP contribution in [-0.4, -0.2) is 46.6 Å². The maximum atomic E-state index is 12.5. The molecular weight excluding hydrogens is 310 g/mol. The van der Waals surface area contributed by atoms with E-state index in [1.54, 1.807) is 23.9 Å². The molecule has 2 aromatic rings. The summed E-state index contributed by atoms with van der Waals surface area (Å²) in [5.74, 6) is 0.196. The van der Waals surface area contributed by atoms with Crippen molar-refractivity contribution in [3.8, 4) is 0 Å². The molecule has 0 radical (unpaired) electrons. The SMILES string of the molecule is Cc1ccc(CC(=O)N2CCO[C@H](CCc3ccncn3)C2)s1. The molecule has 0 unspecified atom stereocenters. The highest BCUT2D eigenvalue weighted by atomic mass is 32.1. The van der Waals surface area contributed by atoms with E-state index < -0.39 is 0 Å². The first-order chi connectivity index (χ1) is 11.2. The lowest BCUT2D eigenvalue weighted by atomic mass is 10.1. The van der Waals surface area contributed by atoms with Gasteiger partial charge in [0.2, 0.25) is 5.91 Å². The highest BCUT2D eigenvalue weighted by molar-refractivity contribution is 7.12. The molecule has 3 heterocycles. The van der Waals surface area contributed by atoms with Crippen molar-refractivity contribution in [1.29, 1.82) is 0 Å². The van der Waals surface area contributed by atoms with Crippen LogP contribution in [0.5, 0.6) is 0 Å². The Morgan fingerprint density at radius 1 is 1.43 bits per heavy atom. The number of carbonyl (C=O) groups excluding carboxylic acids is 1. The minimum absolute atomic E-state index is 0.0905. The van der Waals surface area contributed by atoms with E-state index in [4.69, 9.17) is 4.74 Å². The predicted octanol–water partition coefficient (Wildman–Crippen LogP) is 2.25. The molecule has 1 saturated heterocycles. The lowest BCUT2D eigenvalue weighted by Gasteiger charge is -2.33. The molecule has 1 aliphatic rings. The second-order valence-electron chi connectivity index (χ2n) is 5.76. The fourth-order valence-corrected chi connectivity index (χ4v) is 3.62. The zero-order chi connectivity index (χ0) is 16.1. The van der Waals surface area contributed by atoms with Gasteiger partial charge in [0.25, 0.3) is 0 Å². The van der Waals surface area contributed by atoms with Crippen LogP contribution in [0.2, 0.25) is 0 Å². The molecule has 0 saturated carbocycles. The Labute approximate surface area is 140 Å². The van der Waals surface area contributed by atoms with Crippen molar-refractivity contribution >= 4 is 17.2 Å². The zero-order valence-electron chi connectivity index (χ0n) is 13.3. The number of carbonyl (C=O) groups is 1. The number of morpholine rings is 1. The molecule has 2 aromatic heterocycles. The molecule has 1 atom stereocenters. The first kappa shape index (κ1) is 16.1. The van der Waals surface area contributed by atoms with Gasteiger partial charge in [0.15, 0.2) is 0 Å². The minimum atomic E-state index is 0.0905. The Morgan fingerprint density at radius 3 is 3.09 bits per heavy atom. The summed E-state index contributed by atoms with van der Waals surface area (Å²) in [6.07, 6.45) is 5.63. The average Bonchev–Trinajstić information content (AvgIpc) is 2.99. The van der Waals surface area contributed by atoms with E-state index >= 15 is 0 Å². The topological polar surface area (TPSA) is 55.3 Å². The standard InChI is InChI=1S/C17H21N3O2S/c1-13-2-5-16(23-13)10-17(21)20-8-9-22-15(11-20)4-3-14-6-7-18-12-19-14/h2,5-7,12,15H,3-4,8-11H2,1H3/t15-/m1/s1. The summed E-state index contributed by atoms with van der Waals surface area (Å²) in [6.45, 7) is 4.04. The number of amides is 1. The molecule has 1 fully saturated rings. The summed E-state index contributed by atoms with van der Waals surface area (Å²) in [5, 5.41) is 0. The maximum Gasteiger partial charge on any atom is 0.227 e. The summed E-state index contributed by atoms with van der Waals surface area (Å²) in [4.78, 5) is 24.9. The van der Waals surface area contributed by atoms with E-state index in [9.17, 15) is 4.79 Å². The molecular formula is C17H21N3O2S. The van der Waals surface area contributed by atoms with Crippen molar-refractivity contribution in [3.05, 3.63) is 46.2 Å². The van der Waals surface area contributed by atoms with E-state index in [1.807, 2.05) is 17.0 Å². The molecule has 3 rings (SSSR count). The zero-order valence-corrected chi connectivity index (χ0v) is 14.1. The van der Waals surface area contributed by atoms with Crippen LogP contribution in [-0.2, 0) is 22.4 Å². The summed E-state index contributed by atoms with van der Waals surface area (Å²) < 4.78 is 5.80. The molecule has 5 nitrogen and oxygen atoms in total. The largest absolute Gasteiger partial charge is 0.375 e. The van der Waals surface area contributed by atoms with Gasteiger partial charge in [-0.1, -0.05) is 0 Å². The van der Waals surface area contributed by atoms with Gasteiger partial charge >= 0.3 is 0 Å². The van der Waals surface area contributed by atoms with Gasteiger partial charge in [-0.15, -0.1) is 11.3 Å². The Balaban J connectivity index is 1.50. The Bertz CT molecular complexity index is 644. The molecule has 0 spiro atoms. The predicted molar refractivity (Wildman–Crippen MR) is 89.4 cm³/mol. The normalized spacial score (nSPS) is 18.1. The summed E-state index contributed by atoms with van der Waals surface area (Å²) in [5.41, 5.74) is 1.01. The summed E-state index contributed by atoms with van der Waals surface area (Å²) in [7, 11) is 0. The number of ether oxygens (including phenoxy) is 1. The van der Waals surface area contributed by atoms with Crippen LogP contribution in [0.4, 0.5) is 0 Å². The molecule has 0 aliphatic carbocycles. The lowest BCUT2D eigenvalue weighted by Crippen LogP contribution is -2.46. The van der Waals surface area contributed by atoms with Crippen LogP contribution in [0.1, 0.15) is 21.9 Å². The third kappa shape index (κ3) is 4.59. The van der Waals surface area contributed by atoms with Gasteiger partial charge in [0.05, 0.1) is 19.1 Å². The average molecular weight is 331 g/mol. The minimum Gasteiger partial charge on any atom is -0.375 e. The number of aryl methyl sites for hydroxylation is 2. The first-order valence-corrected chi connectivity index (χ1v) is 8.72. The summed E-state index contributed by atoms with van der Waals surface area (Å²) >= 11 is 1.70. The number of nitrogens with zero attached hydrogens (tertiary/aromatic N) is 3. The Morgan fingerprint density at radius 2 is 2.35 bits per heavy atom. The van der Waals surface area contributed by atoms with E-state index in [2.05, 4.69) is 23.0 Å². The fraction of sp³-hybridized carbons (Fsp3) is 0.471. The van der Waals surface area contributed by atoms with Crippen LogP contribution in [0, 0.1) is 6.92 Å². The van der Waals surface area contributed by atoms with Crippen molar-refractivity contribution in [2.24, 2.45) is 0 Å². The Kier molecular flexibility index (Phi) is 5.35. The molecule has 0 aromatic carbocycles. The number of rotatable bonds is 5. The Hall–Kier alpha value is -1.79. The second-order valence-corrected chi connectivity index (χ2v) is 7.13. The number of thiophene rings is 1. The van der Waals surface area contributed by atoms with Gasteiger partial charge in [0.1, 0.15) is 6.33 Å². The lowest BCUT2D eigenvalue weighted by molar-refractivity contribution is -0.138. The van der Waals surface area contributed by atoms with Crippen LogP contribution >= 0.6 is 11.3 Å². The highest BCUT2D eigenvalue weighted by Crippen LogP contribution is 2.18. The van der Waals surface area contributed by atoms with Gasteiger partial charge in [-0.3, -0.25) is 4.79 Å². The smallest absolute Gasteiger partial charge is 0.227 e. The van der Waals surface area contributed by atoms with E-state index in [1.165, 1.54) is 4.88 Å². The van der Waals surface area contributed by atoms with E-state index in [-0.39, 0.29) is 12.0 Å². The quantitative estimate of drug-likeness (QED) is 0.843. The van der Waals surface area contributed by atoms with Crippen LogP contribution in [0.3, 0.4) is 0 Å². The number of hydrogen-bond donors (Lipinski definition) is 0. The van der Waals surface area contributed by atoms with Gasteiger partial charge in [0, 0.05) is 34.7 Å². The highest BCUT2D eigenvalue weighted by Gasteiger charge is 2.24. The molecule has 6 heteroatoms. The van der Waals surface area contributed by atoms with Crippen molar-refractivity contribution in [1.82, 2.24) is 14.9 Å². The first-order valence-electron chi connectivity index (χ1n) is 7.90. The number of aromatic nitrogens is 2. The van der Waals surface area contributed by atoms with Crippen molar-refractivity contribution < 1.29 is 9.53 Å². The number of hydrogen-bond acceptors (Lipinski definition) is 5. The van der Waals surface area contributed by atoms with Crippen LogP contribution in [0.25, 0.3) is 0 Å². The third-order valence-electron chi connectivity index (χ3n) is 3.98. The molecule has 1 amide bonds. The fourth-order valence-electron chi connectivity index (χ4n) is 2.74. The molecule has 23 heavy (non-hydrogen) atoms. The van der Waals surface area contributed by atoms with E-state index in [0.29, 0.717) is 26.1 Å². The molecule has 1 aliphatic heterocycles. The monoisotopic (exact) mass is 331 g/mol. The van der Waals surface area contributed by atoms with Crippen molar-refractivity contribution in [3.63, 3.8) is 0 Å². The van der Waals surface area contributed by atoms with Crippen LogP contribution < -0.4 is 0 Å². The van der Waals surface area contributed by atoms with Gasteiger partial charge in [-0.05, 0) is 38.0 Å². The van der Waals surface area contributed by atoms with Crippen LogP contribution in [0.15, 0.2) is 30.7 Å². The van der Waals surface area contributed by atoms with Crippen molar-refractivity contribution in [2.75, 3.05) is 19.7 Å². The van der Waals surface area contributed by atoms with Gasteiger partial charge < -0.3 is 9.64 Å². The maximum absolute atomic E-state index is 12.5. The second kappa shape index (κ2) is 7.66.